The highest BCUT2D eigenvalue weighted by Gasteiger charge is 2.23. The summed E-state index contributed by atoms with van der Waals surface area (Å²) < 4.78 is 0. The number of piperazine rings is 1. The third kappa shape index (κ3) is 5.63. The van der Waals surface area contributed by atoms with E-state index >= 15 is 0 Å². The van der Waals surface area contributed by atoms with Gasteiger partial charge in [-0.3, -0.25) is 4.90 Å². The maximum absolute atomic E-state index is 4.12. The van der Waals surface area contributed by atoms with Crippen LogP contribution in [0.5, 0.6) is 0 Å². The molecule has 1 aliphatic heterocycles. The molecule has 2 nitrogen and oxygen atoms in total. The summed E-state index contributed by atoms with van der Waals surface area (Å²) in [5.74, 6) is 0. The van der Waals surface area contributed by atoms with Crippen molar-refractivity contribution in [2.45, 2.75) is 33.2 Å². The van der Waals surface area contributed by atoms with E-state index in [0.717, 1.165) is 32.6 Å². The average molecular weight is 331 g/mol. The molecule has 1 aromatic carbocycles. The van der Waals surface area contributed by atoms with Crippen molar-refractivity contribution in [1.82, 2.24) is 10.2 Å². The van der Waals surface area contributed by atoms with E-state index in [4.69, 9.17) is 0 Å². The van der Waals surface area contributed by atoms with Crippen LogP contribution in [-0.2, 0) is 0 Å². The summed E-state index contributed by atoms with van der Waals surface area (Å²) in [6.45, 7) is 15.1. The summed E-state index contributed by atoms with van der Waals surface area (Å²) in [4.78, 5) is 2.60. The largest absolute Gasteiger partial charge is 0.314 e. The minimum atomic E-state index is 0. The zero-order valence-corrected chi connectivity index (χ0v) is 14.9. The van der Waals surface area contributed by atoms with Crippen molar-refractivity contribution in [3.63, 3.8) is 0 Å². The van der Waals surface area contributed by atoms with Crippen LogP contribution in [0.15, 0.2) is 30.4 Å². The van der Waals surface area contributed by atoms with Crippen molar-refractivity contribution in [2.75, 3.05) is 26.2 Å². The molecule has 0 bridgehead atoms. The fraction of sp³-hybridized carbons (Fsp3) is 0.529. The number of aryl methyl sites for hydroxylation is 2. The molecule has 1 heterocycles. The lowest BCUT2D eigenvalue weighted by Crippen LogP contribution is -2.45. The van der Waals surface area contributed by atoms with Gasteiger partial charge in [-0.05, 0) is 38.3 Å². The normalized spacial score (nSPS) is 16.5. The first-order valence-electron chi connectivity index (χ1n) is 7.24. The highest BCUT2D eigenvalue weighted by molar-refractivity contribution is 5.85. The molecule has 0 amide bonds. The van der Waals surface area contributed by atoms with Gasteiger partial charge in [-0.15, -0.1) is 31.4 Å². The Kier molecular flexibility index (Phi) is 9.23. The van der Waals surface area contributed by atoms with Crippen molar-refractivity contribution >= 4 is 24.8 Å². The first-order chi connectivity index (χ1) is 9.08. The third-order valence-electron chi connectivity index (χ3n) is 3.92. The van der Waals surface area contributed by atoms with E-state index in [-0.39, 0.29) is 24.8 Å². The first kappa shape index (κ1) is 20.5. The Morgan fingerprint density at radius 2 is 1.86 bits per heavy atom. The van der Waals surface area contributed by atoms with Crippen LogP contribution in [0.4, 0.5) is 0 Å². The van der Waals surface area contributed by atoms with Crippen LogP contribution in [0, 0.1) is 13.8 Å². The Balaban J connectivity index is 0.00000200. The van der Waals surface area contributed by atoms with Gasteiger partial charge in [0, 0.05) is 32.2 Å². The first-order valence-corrected chi connectivity index (χ1v) is 7.24. The molecular weight excluding hydrogens is 303 g/mol. The van der Waals surface area contributed by atoms with Gasteiger partial charge < -0.3 is 5.32 Å². The van der Waals surface area contributed by atoms with E-state index in [1.54, 1.807) is 0 Å². The quantitative estimate of drug-likeness (QED) is 0.837. The van der Waals surface area contributed by atoms with Crippen LogP contribution in [0.2, 0.25) is 0 Å². The minimum Gasteiger partial charge on any atom is -0.314 e. The molecule has 0 saturated carbocycles. The maximum atomic E-state index is 4.12. The van der Waals surface area contributed by atoms with E-state index < -0.39 is 0 Å². The van der Waals surface area contributed by atoms with Crippen LogP contribution in [-0.4, -0.2) is 31.1 Å². The van der Waals surface area contributed by atoms with Gasteiger partial charge in [0.2, 0.25) is 0 Å². The molecule has 0 radical (unpaired) electrons. The fourth-order valence-corrected chi connectivity index (χ4v) is 2.96. The predicted molar refractivity (Wildman–Crippen MR) is 97.0 cm³/mol. The SMILES string of the molecule is C=C(C)C[C@H](c1ccc(C)cc1C)N1CCNCC1.Cl.Cl. The number of hydrogen-bond acceptors (Lipinski definition) is 2. The van der Waals surface area contributed by atoms with Gasteiger partial charge in [0.1, 0.15) is 0 Å². The molecule has 1 saturated heterocycles. The number of halogens is 2. The van der Waals surface area contributed by atoms with Gasteiger partial charge in [-0.25, -0.2) is 0 Å². The second-order valence-electron chi connectivity index (χ2n) is 5.82. The molecule has 1 fully saturated rings. The molecule has 21 heavy (non-hydrogen) atoms. The van der Waals surface area contributed by atoms with Crippen molar-refractivity contribution in [1.29, 1.82) is 0 Å². The van der Waals surface area contributed by atoms with Crippen molar-refractivity contribution in [3.8, 4) is 0 Å². The van der Waals surface area contributed by atoms with Crippen molar-refractivity contribution in [2.24, 2.45) is 0 Å². The second kappa shape index (κ2) is 9.47. The highest BCUT2D eigenvalue weighted by atomic mass is 35.5. The van der Waals surface area contributed by atoms with E-state index in [1.165, 1.54) is 22.3 Å². The summed E-state index contributed by atoms with van der Waals surface area (Å²) in [6.07, 6.45) is 1.06. The Bertz CT molecular complexity index is 454. The predicted octanol–water partition coefficient (Wildman–Crippen LogP) is 4.06. The summed E-state index contributed by atoms with van der Waals surface area (Å²) in [5, 5.41) is 3.43. The molecule has 1 atom stereocenters. The summed E-state index contributed by atoms with van der Waals surface area (Å²) >= 11 is 0. The van der Waals surface area contributed by atoms with Crippen molar-refractivity contribution < 1.29 is 0 Å². The summed E-state index contributed by atoms with van der Waals surface area (Å²) in [5.41, 5.74) is 5.49. The average Bonchev–Trinajstić information content (AvgIpc) is 2.37. The van der Waals surface area contributed by atoms with Gasteiger partial charge in [0.25, 0.3) is 0 Å². The van der Waals surface area contributed by atoms with Gasteiger partial charge >= 0.3 is 0 Å². The van der Waals surface area contributed by atoms with Gasteiger partial charge in [-0.2, -0.15) is 0 Å². The van der Waals surface area contributed by atoms with E-state index in [9.17, 15) is 0 Å². The van der Waals surface area contributed by atoms with E-state index in [2.05, 4.69) is 55.8 Å². The molecule has 4 heteroatoms. The fourth-order valence-electron chi connectivity index (χ4n) is 2.96. The van der Waals surface area contributed by atoms with Crippen LogP contribution in [0.1, 0.15) is 36.1 Å². The lowest BCUT2D eigenvalue weighted by molar-refractivity contribution is 0.172. The smallest absolute Gasteiger partial charge is 0.0388 e. The highest BCUT2D eigenvalue weighted by Crippen LogP contribution is 2.30. The van der Waals surface area contributed by atoms with Crippen LogP contribution in [0.3, 0.4) is 0 Å². The second-order valence-corrected chi connectivity index (χ2v) is 5.82. The standard InChI is InChI=1S/C17H26N2.2ClH/c1-13(2)11-17(19-9-7-18-8-10-19)16-6-5-14(3)12-15(16)4;;/h5-6,12,17-18H,1,7-11H2,2-4H3;2*1H/t17-;;/m1../s1. The van der Waals surface area contributed by atoms with Crippen molar-refractivity contribution in [3.05, 3.63) is 47.0 Å². The number of nitrogens with one attached hydrogen (secondary N) is 1. The molecule has 0 unspecified atom stereocenters. The monoisotopic (exact) mass is 330 g/mol. The molecule has 0 aliphatic carbocycles. The number of nitrogens with zero attached hydrogens (tertiary/aromatic N) is 1. The molecule has 0 aromatic heterocycles. The maximum Gasteiger partial charge on any atom is 0.0388 e. The molecule has 0 spiro atoms. The molecule has 1 aromatic rings. The Hall–Kier alpha value is -0.540. The zero-order chi connectivity index (χ0) is 13.8. The molecule has 2 rings (SSSR count). The molecule has 1 aliphatic rings. The zero-order valence-electron chi connectivity index (χ0n) is 13.3. The van der Waals surface area contributed by atoms with Crippen LogP contribution >= 0.6 is 24.8 Å². The number of rotatable bonds is 4. The molecule has 120 valence electrons. The molecule has 1 N–H and O–H groups in total. The summed E-state index contributed by atoms with van der Waals surface area (Å²) in [6, 6.07) is 7.32. The molecular formula is C17H28Cl2N2. The summed E-state index contributed by atoms with van der Waals surface area (Å²) in [7, 11) is 0. The lowest BCUT2D eigenvalue weighted by Gasteiger charge is -2.36. The Morgan fingerprint density at radius 1 is 1.24 bits per heavy atom. The minimum absolute atomic E-state index is 0. The van der Waals surface area contributed by atoms with Gasteiger partial charge in [0.05, 0.1) is 0 Å². The topological polar surface area (TPSA) is 15.3 Å². The number of hydrogen-bond donors (Lipinski definition) is 1. The Morgan fingerprint density at radius 3 is 2.38 bits per heavy atom. The Labute approximate surface area is 141 Å². The van der Waals surface area contributed by atoms with Gasteiger partial charge in [0.15, 0.2) is 0 Å². The van der Waals surface area contributed by atoms with Gasteiger partial charge in [-0.1, -0.05) is 29.3 Å². The van der Waals surface area contributed by atoms with E-state index in [1.807, 2.05) is 0 Å². The number of benzene rings is 1. The van der Waals surface area contributed by atoms with Crippen LogP contribution < -0.4 is 5.32 Å². The van der Waals surface area contributed by atoms with E-state index in [0.29, 0.717) is 6.04 Å². The third-order valence-corrected chi connectivity index (χ3v) is 3.92. The van der Waals surface area contributed by atoms with Crippen LogP contribution in [0.25, 0.3) is 0 Å². The lowest BCUT2D eigenvalue weighted by atomic mass is 9.93.